The van der Waals surface area contributed by atoms with Crippen molar-refractivity contribution in [2.45, 2.75) is 6.54 Å². The van der Waals surface area contributed by atoms with Crippen LogP contribution in [0.4, 0.5) is 0 Å². The van der Waals surface area contributed by atoms with Gasteiger partial charge in [0.1, 0.15) is 0 Å². The highest BCUT2D eigenvalue weighted by atomic mass is 16.1. The van der Waals surface area contributed by atoms with E-state index in [2.05, 4.69) is 22.0 Å². The number of aromatic amines is 1. The number of aromatic nitrogens is 2. The lowest BCUT2D eigenvalue weighted by atomic mass is 10.1. The number of H-pyrrole nitrogens is 1. The van der Waals surface area contributed by atoms with Crippen LogP contribution in [0.2, 0.25) is 0 Å². The molecule has 4 aromatic rings. The van der Waals surface area contributed by atoms with Crippen molar-refractivity contribution in [3.8, 4) is 5.69 Å². The number of hydrogen-bond acceptors (Lipinski definition) is 2. The van der Waals surface area contributed by atoms with Crippen LogP contribution < -0.4 is 5.56 Å². The maximum atomic E-state index is 12.6. The summed E-state index contributed by atoms with van der Waals surface area (Å²) in [5.41, 5.74) is 5.02. The molecule has 0 fully saturated rings. The number of hydrogen-bond donors (Lipinski definition) is 1. The van der Waals surface area contributed by atoms with Gasteiger partial charge >= 0.3 is 0 Å². The Labute approximate surface area is 140 Å². The number of para-hydroxylation sites is 1. The van der Waals surface area contributed by atoms with E-state index in [1.165, 1.54) is 5.56 Å². The van der Waals surface area contributed by atoms with Gasteiger partial charge in [0.25, 0.3) is 5.56 Å². The zero-order valence-corrected chi connectivity index (χ0v) is 13.8. The summed E-state index contributed by atoms with van der Waals surface area (Å²) in [5.74, 6) is 0. The third-order valence-corrected chi connectivity index (χ3v) is 4.24. The minimum Gasteiger partial charge on any atom is -0.353 e. The summed E-state index contributed by atoms with van der Waals surface area (Å²) in [6.07, 6.45) is 0. The number of rotatable bonds is 3. The van der Waals surface area contributed by atoms with E-state index in [9.17, 15) is 4.79 Å². The molecule has 0 aliphatic rings. The number of nitrogens with one attached hydrogen (secondary N) is 1. The zero-order valence-electron chi connectivity index (χ0n) is 13.8. The van der Waals surface area contributed by atoms with Crippen LogP contribution in [0.25, 0.3) is 27.6 Å². The molecule has 4 heteroatoms. The molecular formula is C20H19N3O. The molecule has 2 aromatic carbocycles. The lowest BCUT2D eigenvalue weighted by molar-refractivity contribution is 0.402. The largest absolute Gasteiger partial charge is 0.353 e. The van der Waals surface area contributed by atoms with Gasteiger partial charge < -0.3 is 9.88 Å². The lowest BCUT2D eigenvalue weighted by Gasteiger charge is -2.12. The number of nitrogens with zero attached hydrogens (tertiary/aromatic N) is 2. The Kier molecular flexibility index (Phi) is 3.47. The molecule has 1 N–H and O–H groups in total. The molecule has 0 saturated heterocycles. The predicted octanol–water partition coefficient (Wildman–Crippen LogP) is 3.53. The van der Waals surface area contributed by atoms with E-state index in [1.54, 1.807) is 10.6 Å². The minimum atomic E-state index is -0.0207. The van der Waals surface area contributed by atoms with Crippen molar-refractivity contribution in [3.63, 3.8) is 0 Å². The molecule has 0 saturated carbocycles. The molecule has 0 atom stereocenters. The first-order valence-electron chi connectivity index (χ1n) is 8.00. The van der Waals surface area contributed by atoms with Crippen molar-refractivity contribution >= 4 is 21.9 Å². The van der Waals surface area contributed by atoms with E-state index >= 15 is 0 Å². The van der Waals surface area contributed by atoms with Crippen molar-refractivity contribution in [2.24, 2.45) is 0 Å². The molecule has 0 bridgehead atoms. The zero-order chi connectivity index (χ0) is 16.7. The van der Waals surface area contributed by atoms with E-state index in [1.807, 2.05) is 56.6 Å². The summed E-state index contributed by atoms with van der Waals surface area (Å²) in [4.78, 5) is 18.1. The second kappa shape index (κ2) is 5.65. The van der Waals surface area contributed by atoms with Crippen molar-refractivity contribution < 1.29 is 0 Å². The quantitative estimate of drug-likeness (QED) is 0.628. The van der Waals surface area contributed by atoms with Crippen molar-refractivity contribution in [1.82, 2.24) is 14.5 Å². The fourth-order valence-corrected chi connectivity index (χ4v) is 3.22. The second-order valence-corrected chi connectivity index (χ2v) is 6.34. The highest BCUT2D eigenvalue weighted by Gasteiger charge is 2.11. The molecule has 0 spiro atoms. The summed E-state index contributed by atoms with van der Waals surface area (Å²) in [5, 5.41) is 1.06. The van der Waals surface area contributed by atoms with Gasteiger partial charge in [0.05, 0.1) is 11.0 Å². The normalized spacial score (nSPS) is 11.6. The molecule has 0 unspecified atom stereocenters. The van der Waals surface area contributed by atoms with Crippen LogP contribution in [0, 0.1) is 0 Å². The van der Waals surface area contributed by atoms with Gasteiger partial charge in [0, 0.05) is 29.2 Å². The monoisotopic (exact) mass is 317 g/mol. The average Bonchev–Trinajstić information content (AvgIpc) is 2.94. The molecule has 2 heterocycles. The van der Waals surface area contributed by atoms with Gasteiger partial charge in [-0.15, -0.1) is 0 Å². The lowest BCUT2D eigenvalue weighted by Crippen LogP contribution is -2.17. The molecule has 0 aliphatic heterocycles. The number of fused-ring (bicyclic) bond motifs is 3. The summed E-state index contributed by atoms with van der Waals surface area (Å²) in [6.45, 7) is 0.881. The van der Waals surface area contributed by atoms with Gasteiger partial charge in [0.2, 0.25) is 0 Å². The second-order valence-electron chi connectivity index (χ2n) is 6.34. The van der Waals surface area contributed by atoms with Crippen LogP contribution in [0.1, 0.15) is 5.56 Å². The van der Waals surface area contributed by atoms with E-state index in [4.69, 9.17) is 0 Å². The average molecular weight is 317 g/mol. The Morgan fingerprint density at radius 2 is 1.67 bits per heavy atom. The minimum absolute atomic E-state index is 0.0207. The van der Waals surface area contributed by atoms with E-state index in [-0.39, 0.29) is 5.56 Å². The van der Waals surface area contributed by atoms with Gasteiger partial charge in [0.15, 0.2) is 0 Å². The molecule has 0 amide bonds. The van der Waals surface area contributed by atoms with Gasteiger partial charge in [-0.1, -0.05) is 30.3 Å². The highest BCUT2D eigenvalue weighted by Crippen LogP contribution is 2.26. The first kappa shape index (κ1) is 14.7. The van der Waals surface area contributed by atoms with Gasteiger partial charge in [-0.05, 0) is 43.9 Å². The fraction of sp³-hybridized carbons (Fsp3) is 0.150. The summed E-state index contributed by atoms with van der Waals surface area (Å²) >= 11 is 0. The van der Waals surface area contributed by atoms with Gasteiger partial charge in [-0.2, -0.15) is 0 Å². The third kappa shape index (κ3) is 2.41. The Hall–Kier alpha value is -2.85. The Morgan fingerprint density at radius 1 is 0.917 bits per heavy atom. The molecule has 4 nitrogen and oxygen atoms in total. The maximum absolute atomic E-state index is 12.6. The maximum Gasteiger partial charge on any atom is 0.255 e. The van der Waals surface area contributed by atoms with Crippen LogP contribution in [0.5, 0.6) is 0 Å². The third-order valence-electron chi connectivity index (χ3n) is 4.24. The van der Waals surface area contributed by atoms with Crippen molar-refractivity contribution in [1.29, 1.82) is 0 Å². The SMILES string of the molecule is CN(C)Cc1ccc(-n2c(=O)ccc3[nH]c4ccccc4c32)cc1. The van der Waals surface area contributed by atoms with Crippen LogP contribution in [-0.4, -0.2) is 28.5 Å². The summed E-state index contributed by atoms with van der Waals surface area (Å²) in [6, 6.07) is 19.7. The Morgan fingerprint density at radius 3 is 2.42 bits per heavy atom. The topological polar surface area (TPSA) is 41.0 Å². The summed E-state index contributed by atoms with van der Waals surface area (Å²) in [7, 11) is 4.09. The van der Waals surface area contributed by atoms with Crippen LogP contribution in [-0.2, 0) is 6.54 Å². The predicted molar refractivity (Wildman–Crippen MR) is 98.8 cm³/mol. The van der Waals surface area contributed by atoms with E-state index in [0.29, 0.717) is 0 Å². The molecule has 120 valence electrons. The van der Waals surface area contributed by atoms with Crippen molar-refractivity contribution in [2.75, 3.05) is 14.1 Å². The van der Waals surface area contributed by atoms with Crippen LogP contribution in [0.3, 0.4) is 0 Å². The smallest absolute Gasteiger partial charge is 0.255 e. The summed E-state index contributed by atoms with van der Waals surface area (Å²) < 4.78 is 1.79. The van der Waals surface area contributed by atoms with Gasteiger partial charge in [-0.3, -0.25) is 9.36 Å². The molecule has 0 radical (unpaired) electrons. The van der Waals surface area contributed by atoms with Crippen LogP contribution >= 0.6 is 0 Å². The molecule has 4 rings (SSSR count). The number of benzene rings is 2. The van der Waals surface area contributed by atoms with E-state index in [0.717, 1.165) is 34.2 Å². The highest BCUT2D eigenvalue weighted by molar-refractivity contribution is 6.05. The van der Waals surface area contributed by atoms with E-state index < -0.39 is 0 Å². The Balaban J connectivity index is 1.95. The van der Waals surface area contributed by atoms with Gasteiger partial charge in [-0.25, -0.2) is 0 Å². The standard InChI is InChI=1S/C20H19N3O/c1-22(2)13-14-7-9-15(10-8-14)23-19(24)12-11-18-20(23)16-5-3-4-6-17(16)21-18/h3-12,21H,13H2,1-2H3. The first-order valence-corrected chi connectivity index (χ1v) is 8.00. The molecule has 24 heavy (non-hydrogen) atoms. The van der Waals surface area contributed by atoms with Crippen molar-refractivity contribution in [3.05, 3.63) is 76.6 Å². The fourth-order valence-electron chi connectivity index (χ4n) is 3.22. The van der Waals surface area contributed by atoms with Crippen LogP contribution in [0.15, 0.2) is 65.5 Å². The number of pyridine rings is 1. The Bertz CT molecular complexity index is 1070. The first-order chi connectivity index (χ1) is 11.6. The molecular weight excluding hydrogens is 298 g/mol. The molecule has 0 aliphatic carbocycles. The molecule has 2 aromatic heterocycles.